The predicted octanol–water partition coefficient (Wildman–Crippen LogP) is 2.34. The van der Waals surface area contributed by atoms with Gasteiger partial charge in [-0.15, -0.1) is 12.4 Å². The molecule has 0 bridgehead atoms. The van der Waals surface area contributed by atoms with E-state index < -0.39 is 0 Å². The Morgan fingerprint density at radius 2 is 2.25 bits per heavy atom. The molecule has 6 nitrogen and oxygen atoms in total. The van der Waals surface area contributed by atoms with E-state index in [2.05, 4.69) is 10.6 Å². The summed E-state index contributed by atoms with van der Waals surface area (Å²) in [5.41, 5.74) is 1.80. The summed E-state index contributed by atoms with van der Waals surface area (Å²) >= 11 is 0. The minimum Gasteiger partial charge on any atom is -0.497 e. The summed E-state index contributed by atoms with van der Waals surface area (Å²) in [7, 11) is 1.64. The largest absolute Gasteiger partial charge is 0.497 e. The van der Waals surface area contributed by atoms with E-state index in [9.17, 15) is 4.79 Å². The molecule has 0 aliphatic carbocycles. The van der Waals surface area contributed by atoms with Crippen LogP contribution < -0.4 is 15.4 Å². The lowest BCUT2D eigenvalue weighted by Crippen LogP contribution is -2.51. The van der Waals surface area contributed by atoms with E-state index in [1.165, 1.54) is 0 Å². The van der Waals surface area contributed by atoms with Gasteiger partial charge in [0.1, 0.15) is 23.1 Å². The van der Waals surface area contributed by atoms with Crippen LogP contribution in [0.2, 0.25) is 0 Å². The number of carbonyl (C=O) groups excluding carboxylic acids is 1. The minimum absolute atomic E-state index is 0. The van der Waals surface area contributed by atoms with Gasteiger partial charge in [-0.25, -0.2) is 0 Å². The van der Waals surface area contributed by atoms with Crippen molar-refractivity contribution in [2.45, 2.75) is 25.9 Å². The molecule has 0 saturated carbocycles. The Hall–Kier alpha value is -1.76. The van der Waals surface area contributed by atoms with Crippen LogP contribution in [0.1, 0.15) is 24.3 Å². The van der Waals surface area contributed by atoms with Gasteiger partial charge >= 0.3 is 0 Å². The Kier molecular flexibility index (Phi) is 6.10. The molecule has 2 atom stereocenters. The molecule has 0 radical (unpaired) electrons. The van der Waals surface area contributed by atoms with Crippen LogP contribution >= 0.6 is 12.4 Å². The fourth-order valence-electron chi connectivity index (χ4n) is 2.87. The smallest absolute Gasteiger partial charge is 0.240 e. The monoisotopic (exact) mass is 354 g/mol. The number of carbonyl (C=O) groups is 1. The topological polar surface area (TPSA) is 72.7 Å². The molecule has 3 rings (SSSR count). The van der Waals surface area contributed by atoms with Crippen molar-refractivity contribution in [2.75, 3.05) is 26.9 Å². The van der Waals surface area contributed by atoms with Gasteiger partial charge in [0.25, 0.3) is 0 Å². The number of ether oxygens (including phenoxy) is 2. The van der Waals surface area contributed by atoms with E-state index >= 15 is 0 Å². The Balaban J connectivity index is 0.00000208. The normalized spacial score (nSPS) is 18.7. The maximum atomic E-state index is 12.3. The summed E-state index contributed by atoms with van der Waals surface area (Å²) in [6.45, 7) is 5.64. The first-order valence-corrected chi connectivity index (χ1v) is 7.78. The Morgan fingerprint density at radius 3 is 2.92 bits per heavy atom. The number of methoxy groups -OCH3 is 1. The summed E-state index contributed by atoms with van der Waals surface area (Å²) in [6, 6.07) is 5.17. The van der Waals surface area contributed by atoms with Crippen LogP contribution in [-0.4, -0.2) is 38.8 Å². The summed E-state index contributed by atoms with van der Waals surface area (Å²) in [5.74, 6) is 1.47. The SMILES string of the molecule is COc1ccc2oc(C(C)NC(=O)C3COCCN3)c(C)c2c1.Cl. The van der Waals surface area contributed by atoms with Crippen molar-refractivity contribution < 1.29 is 18.7 Å². The highest BCUT2D eigenvalue weighted by atomic mass is 35.5. The van der Waals surface area contributed by atoms with Crippen LogP contribution in [0, 0.1) is 6.92 Å². The molecule has 1 aromatic heterocycles. The van der Waals surface area contributed by atoms with Crippen molar-refractivity contribution in [3.63, 3.8) is 0 Å². The predicted molar refractivity (Wildman–Crippen MR) is 93.9 cm³/mol. The number of furan rings is 1. The average Bonchev–Trinajstić information content (AvgIpc) is 2.92. The van der Waals surface area contributed by atoms with Crippen molar-refractivity contribution in [3.05, 3.63) is 29.5 Å². The number of hydrogen-bond donors (Lipinski definition) is 2. The molecule has 1 saturated heterocycles. The molecule has 1 aliphatic rings. The maximum absolute atomic E-state index is 12.3. The zero-order valence-electron chi connectivity index (χ0n) is 14.0. The first-order valence-electron chi connectivity index (χ1n) is 7.78. The Labute approximate surface area is 147 Å². The number of rotatable bonds is 4. The van der Waals surface area contributed by atoms with Crippen molar-refractivity contribution in [2.24, 2.45) is 0 Å². The second-order valence-electron chi connectivity index (χ2n) is 5.77. The van der Waals surface area contributed by atoms with Gasteiger partial charge in [0.15, 0.2) is 0 Å². The third kappa shape index (κ3) is 3.66. The zero-order chi connectivity index (χ0) is 16.4. The molecular formula is C17H23ClN2O4. The number of aryl methyl sites for hydroxylation is 1. The molecule has 1 aliphatic heterocycles. The van der Waals surface area contributed by atoms with Crippen LogP contribution in [-0.2, 0) is 9.53 Å². The minimum atomic E-state index is -0.309. The molecule has 7 heteroatoms. The van der Waals surface area contributed by atoms with E-state index in [-0.39, 0.29) is 30.4 Å². The van der Waals surface area contributed by atoms with E-state index in [4.69, 9.17) is 13.9 Å². The number of fused-ring (bicyclic) bond motifs is 1. The molecular weight excluding hydrogens is 332 g/mol. The van der Waals surface area contributed by atoms with Gasteiger partial charge in [0, 0.05) is 17.5 Å². The standard InChI is InChI=1S/C17H22N2O4.ClH/c1-10-13-8-12(21-3)4-5-15(13)23-16(10)11(2)19-17(20)14-9-22-7-6-18-14;/h4-5,8,11,14,18H,6-7,9H2,1-3H3,(H,19,20);1H. The number of nitrogens with one attached hydrogen (secondary N) is 2. The molecule has 2 N–H and O–H groups in total. The van der Waals surface area contributed by atoms with Gasteiger partial charge in [-0.05, 0) is 32.0 Å². The Bertz CT molecular complexity index is 710. The fraction of sp³-hybridized carbons (Fsp3) is 0.471. The van der Waals surface area contributed by atoms with E-state index in [0.717, 1.165) is 28.0 Å². The molecule has 1 amide bonds. The average molecular weight is 355 g/mol. The first-order chi connectivity index (χ1) is 11.1. The van der Waals surface area contributed by atoms with Crippen LogP contribution in [0.5, 0.6) is 5.75 Å². The number of benzene rings is 1. The van der Waals surface area contributed by atoms with Crippen molar-refractivity contribution in [3.8, 4) is 5.75 Å². The molecule has 1 aromatic carbocycles. The number of halogens is 1. The van der Waals surface area contributed by atoms with Gasteiger partial charge in [-0.3, -0.25) is 4.79 Å². The molecule has 2 unspecified atom stereocenters. The quantitative estimate of drug-likeness (QED) is 0.881. The zero-order valence-corrected chi connectivity index (χ0v) is 14.9. The van der Waals surface area contributed by atoms with E-state index in [0.29, 0.717) is 19.8 Å². The number of amides is 1. The lowest BCUT2D eigenvalue weighted by atomic mass is 10.1. The van der Waals surface area contributed by atoms with Gasteiger partial charge in [0.05, 0.1) is 26.4 Å². The highest BCUT2D eigenvalue weighted by Crippen LogP contribution is 2.31. The Morgan fingerprint density at radius 1 is 1.46 bits per heavy atom. The molecule has 2 heterocycles. The van der Waals surface area contributed by atoms with Crippen LogP contribution in [0.25, 0.3) is 11.0 Å². The summed E-state index contributed by atoms with van der Waals surface area (Å²) in [5, 5.41) is 7.14. The molecule has 1 fully saturated rings. The van der Waals surface area contributed by atoms with Crippen molar-refractivity contribution in [1.29, 1.82) is 0 Å². The highest BCUT2D eigenvalue weighted by molar-refractivity contribution is 5.85. The highest BCUT2D eigenvalue weighted by Gasteiger charge is 2.25. The van der Waals surface area contributed by atoms with Gasteiger partial charge < -0.3 is 24.5 Å². The van der Waals surface area contributed by atoms with Crippen LogP contribution in [0.3, 0.4) is 0 Å². The van der Waals surface area contributed by atoms with Crippen LogP contribution in [0.4, 0.5) is 0 Å². The molecule has 24 heavy (non-hydrogen) atoms. The third-order valence-corrected chi connectivity index (χ3v) is 4.17. The maximum Gasteiger partial charge on any atom is 0.240 e. The molecule has 2 aromatic rings. The second-order valence-corrected chi connectivity index (χ2v) is 5.77. The van der Waals surface area contributed by atoms with E-state index in [1.54, 1.807) is 7.11 Å². The first kappa shape index (κ1) is 18.6. The molecule has 132 valence electrons. The van der Waals surface area contributed by atoms with Gasteiger partial charge in [-0.2, -0.15) is 0 Å². The summed E-state index contributed by atoms with van der Waals surface area (Å²) < 4.78 is 16.5. The van der Waals surface area contributed by atoms with Gasteiger partial charge in [0.2, 0.25) is 5.91 Å². The van der Waals surface area contributed by atoms with Crippen molar-refractivity contribution in [1.82, 2.24) is 10.6 Å². The lowest BCUT2D eigenvalue weighted by Gasteiger charge is -2.24. The second kappa shape index (κ2) is 7.88. The summed E-state index contributed by atoms with van der Waals surface area (Å²) in [6.07, 6.45) is 0. The van der Waals surface area contributed by atoms with Gasteiger partial charge in [-0.1, -0.05) is 0 Å². The number of hydrogen-bond acceptors (Lipinski definition) is 5. The van der Waals surface area contributed by atoms with E-state index in [1.807, 2.05) is 32.0 Å². The summed E-state index contributed by atoms with van der Waals surface area (Å²) in [4.78, 5) is 12.3. The fourth-order valence-corrected chi connectivity index (χ4v) is 2.87. The third-order valence-electron chi connectivity index (χ3n) is 4.17. The number of morpholine rings is 1. The lowest BCUT2D eigenvalue weighted by molar-refractivity contribution is -0.126. The van der Waals surface area contributed by atoms with Crippen LogP contribution in [0.15, 0.2) is 22.6 Å². The molecule has 0 spiro atoms. The van der Waals surface area contributed by atoms with Crippen molar-refractivity contribution >= 4 is 29.3 Å².